The zero-order chi connectivity index (χ0) is 10.7. The van der Waals surface area contributed by atoms with Crippen molar-refractivity contribution >= 4 is 18.3 Å². The Morgan fingerprint density at radius 3 is 2.47 bits per heavy atom. The van der Waals surface area contributed by atoms with Gasteiger partial charge >= 0.3 is 7.12 Å². The van der Waals surface area contributed by atoms with E-state index in [1.54, 1.807) is 0 Å². The summed E-state index contributed by atoms with van der Waals surface area (Å²) in [5, 5.41) is 0. The van der Waals surface area contributed by atoms with Crippen LogP contribution in [0.15, 0.2) is 24.3 Å². The molecule has 3 nitrogen and oxygen atoms in total. The molecule has 2 rings (SSSR count). The van der Waals surface area contributed by atoms with Gasteiger partial charge in [-0.25, -0.2) is 0 Å². The van der Waals surface area contributed by atoms with Crippen LogP contribution < -0.4 is 10.4 Å². The topological polar surface area (TPSA) is 21.7 Å². The highest BCUT2D eigenvalue weighted by Crippen LogP contribution is 2.11. The third kappa shape index (κ3) is 2.33. The van der Waals surface area contributed by atoms with E-state index in [1.807, 2.05) is 26.2 Å². The van der Waals surface area contributed by atoms with Crippen LogP contribution >= 0.6 is 0 Å². The summed E-state index contributed by atoms with van der Waals surface area (Å²) in [7, 11) is 3.86. The van der Waals surface area contributed by atoms with Gasteiger partial charge in [-0.15, -0.1) is 0 Å². The van der Waals surface area contributed by atoms with Gasteiger partial charge < -0.3 is 14.2 Å². The number of para-hydroxylation sites is 1. The van der Waals surface area contributed by atoms with Gasteiger partial charge in [0.05, 0.1) is 0 Å². The van der Waals surface area contributed by atoms with E-state index in [2.05, 4.69) is 17.0 Å². The summed E-state index contributed by atoms with van der Waals surface area (Å²) in [6.45, 7) is 1.57. The molecule has 15 heavy (non-hydrogen) atoms. The Bertz CT molecular complexity index is 324. The molecule has 0 radical (unpaired) electrons. The van der Waals surface area contributed by atoms with Gasteiger partial charge in [-0.3, -0.25) is 0 Å². The number of benzene rings is 1. The molecular weight excluding hydrogens is 189 g/mol. The first-order chi connectivity index (χ1) is 7.29. The SMILES string of the molecule is CN(C)c1ccccc1B1OCCCO1. The van der Waals surface area contributed by atoms with E-state index in [9.17, 15) is 0 Å². The van der Waals surface area contributed by atoms with Crippen LogP contribution in [-0.2, 0) is 9.31 Å². The second-order valence-electron chi connectivity index (χ2n) is 3.88. The van der Waals surface area contributed by atoms with Gasteiger partial charge in [-0.2, -0.15) is 0 Å². The molecule has 0 amide bonds. The maximum Gasteiger partial charge on any atom is 0.495 e. The van der Waals surface area contributed by atoms with E-state index in [0.29, 0.717) is 0 Å². The van der Waals surface area contributed by atoms with Crippen LogP contribution in [0.5, 0.6) is 0 Å². The lowest BCUT2D eigenvalue weighted by Crippen LogP contribution is -2.43. The number of hydrogen-bond donors (Lipinski definition) is 0. The lowest BCUT2D eigenvalue weighted by Gasteiger charge is -2.24. The van der Waals surface area contributed by atoms with Gasteiger partial charge in [0.1, 0.15) is 0 Å². The van der Waals surface area contributed by atoms with E-state index in [-0.39, 0.29) is 7.12 Å². The van der Waals surface area contributed by atoms with Crippen LogP contribution in [0.25, 0.3) is 0 Å². The van der Waals surface area contributed by atoms with Crippen molar-refractivity contribution in [2.45, 2.75) is 6.42 Å². The summed E-state index contributed by atoms with van der Waals surface area (Å²) >= 11 is 0. The number of hydrogen-bond acceptors (Lipinski definition) is 3. The summed E-state index contributed by atoms with van der Waals surface area (Å²) in [6, 6.07) is 8.19. The van der Waals surface area contributed by atoms with E-state index in [4.69, 9.17) is 9.31 Å². The molecule has 1 aromatic rings. The van der Waals surface area contributed by atoms with Crippen molar-refractivity contribution in [3.63, 3.8) is 0 Å². The molecule has 0 bridgehead atoms. The summed E-state index contributed by atoms with van der Waals surface area (Å²) in [5.74, 6) is 0. The highest BCUT2D eigenvalue weighted by Gasteiger charge is 2.27. The molecule has 0 atom stereocenters. The molecule has 0 aromatic heterocycles. The van der Waals surface area contributed by atoms with Crippen molar-refractivity contribution in [1.29, 1.82) is 0 Å². The molecule has 1 saturated heterocycles. The van der Waals surface area contributed by atoms with Crippen molar-refractivity contribution in [2.24, 2.45) is 0 Å². The van der Waals surface area contributed by atoms with Crippen LogP contribution in [0.4, 0.5) is 5.69 Å². The maximum absolute atomic E-state index is 5.61. The average molecular weight is 205 g/mol. The molecule has 1 aliphatic heterocycles. The van der Waals surface area contributed by atoms with Gasteiger partial charge in [-0.05, 0) is 12.5 Å². The molecule has 0 saturated carbocycles. The second-order valence-corrected chi connectivity index (χ2v) is 3.88. The molecular formula is C11H16BNO2. The Balaban J connectivity index is 2.25. The third-order valence-corrected chi connectivity index (χ3v) is 2.50. The normalized spacial score (nSPS) is 16.5. The summed E-state index contributed by atoms with van der Waals surface area (Å²) in [4.78, 5) is 2.08. The van der Waals surface area contributed by atoms with Crippen molar-refractivity contribution in [3.8, 4) is 0 Å². The van der Waals surface area contributed by atoms with E-state index in [1.165, 1.54) is 0 Å². The zero-order valence-electron chi connectivity index (χ0n) is 9.27. The van der Waals surface area contributed by atoms with Crippen LogP contribution in [-0.4, -0.2) is 34.4 Å². The molecule has 80 valence electrons. The highest BCUT2D eigenvalue weighted by molar-refractivity contribution is 6.63. The van der Waals surface area contributed by atoms with Gasteiger partial charge in [-0.1, -0.05) is 18.2 Å². The Labute approximate surface area is 91.1 Å². The Hall–Kier alpha value is -0.995. The van der Waals surface area contributed by atoms with Crippen LogP contribution in [0.3, 0.4) is 0 Å². The summed E-state index contributed by atoms with van der Waals surface area (Å²) in [6.07, 6.45) is 0.987. The van der Waals surface area contributed by atoms with E-state index in [0.717, 1.165) is 30.8 Å². The number of anilines is 1. The lowest BCUT2D eigenvalue weighted by molar-refractivity contribution is 0.143. The Morgan fingerprint density at radius 1 is 1.13 bits per heavy atom. The van der Waals surface area contributed by atoms with Crippen LogP contribution in [0.2, 0.25) is 0 Å². The summed E-state index contributed by atoms with van der Waals surface area (Å²) < 4.78 is 11.2. The predicted molar refractivity (Wildman–Crippen MR) is 62.7 cm³/mol. The molecule has 1 heterocycles. The molecule has 0 unspecified atom stereocenters. The zero-order valence-corrected chi connectivity index (χ0v) is 9.27. The van der Waals surface area contributed by atoms with Crippen molar-refractivity contribution < 1.29 is 9.31 Å². The average Bonchev–Trinajstić information content (AvgIpc) is 2.30. The van der Waals surface area contributed by atoms with Crippen molar-refractivity contribution in [3.05, 3.63) is 24.3 Å². The quantitative estimate of drug-likeness (QED) is 0.669. The first-order valence-electron chi connectivity index (χ1n) is 5.28. The van der Waals surface area contributed by atoms with Crippen LogP contribution in [0, 0.1) is 0 Å². The molecule has 0 N–H and O–H groups in total. The van der Waals surface area contributed by atoms with Gasteiger partial charge in [0.25, 0.3) is 0 Å². The fourth-order valence-electron chi connectivity index (χ4n) is 1.76. The van der Waals surface area contributed by atoms with Gasteiger partial charge in [0, 0.05) is 38.5 Å². The molecule has 0 spiro atoms. The smallest absolute Gasteiger partial charge is 0.407 e. The van der Waals surface area contributed by atoms with Crippen molar-refractivity contribution in [2.75, 3.05) is 32.2 Å². The molecule has 0 aliphatic carbocycles. The number of nitrogens with zero attached hydrogens (tertiary/aromatic N) is 1. The summed E-state index contributed by atoms with van der Waals surface area (Å²) in [5.41, 5.74) is 2.27. The largest absolute Gasteiger partial charge is 0.495 e. The minimum Gasteiger partial charge on any atom is -0.407 e. The first-order valence-corrected chi connectivity index (χ1v) is 5.28. The monoisotopic (exact) mass is 205 g/mol. The molecule has 1 aromatic carbocycles. The van der Waals surface area contributed by atoms with E-state index >= 15 is 0 Å². The van der Waals surface area contributed by atoms with E-state index < -0.39 is 0 Å². The second kappa shape index (κ2) is 4.68. The Kier molecular flexibility index (Phi) is 3.28. The van der Waals surface area contributed by atoms with Gasteiger partial charge in [0.15, 0.2) is 0 Å². The predicted octanol–water partition coefficient (Wildman–Crippen LogP) is 0.885. The lowest BCUT2D eigenvalue weighted by atomic mass is 9.76. The number of rotatable bonds is 2. The maximum atomic E-state index is 5.61. The third-order valence-electron chi connectivity index (χ3n) is 2.50. The van der Waals surface area contributed by atoms with Crippen molar-refractivity contribution in [1.82, 2.24) is 0 Å². The minimum atomic E-state index is -0.197. The molecule has 1 aliphatic rings. The molecule has 1 fully saturated rings. The highest BCUT2D eigenvalue weighted by atomic mass is 16.6. The van der Waals surface area contributed by atoms with Crippen LogP contribution in [0.1, 0.15) is 6.42 Å². The first kappa shape index (κ1) is 10.5. The fourth-order valence-corrected chi connectivity index (χ4v) is 1.76. The minimum absolute atomic E-state index is 0.197. The molecule has 4 heteroatoms. The van der Waals surface area contributed by atoms with Gasteiger partial charge in [0.2, 0.25) is 0 Å². The standard InChI is InChI=1S/C11H16BNO2/c1-13(2)11-7-4-3-6-10(11)12-14-8-5-9-15-12/h3-4,6-7H,5,8-9H2,1-2H3. The Morgan fingerprint density at radius 2 is 1.80 bits per heavy atom. The fraction of sp³-hybridized carbons (Fsp3) is 0.455.